The van der Waals surface area contributed by atoms with Crippen molar-refractivity contribution in [3.63, 3.8) is 0 Å². The number of nitrogens with one attached hydrogen (secondary N) is 2. The van der Waals surface area contributed by atoms with Crippen molar-refractivity contribution in [2.45, 2.75) is 30.3 Å². The van der Waals surface area contributed by atoms with Crippen LogP contribution in [-0.2, 0) is 4.79 Å². The fraction of sp³-hybridized carbons (Fsp3) is 0.160. The van der Waals surface area contributed by atoms with Crippen LogP contribution in [0.1, 0.15) is 22.7 Å². The van der Waals surface area contributed by atoms with Gasteiger partial charge in [0, 0.05) is 11.3 Å². The van der Waals surface area contributed by atoms with Gasteiger partial charge in [0.15, 0.2) is 5.82 Å². The molecule has 6 nitrogen and oxygen atoms in total. The second kappa shape index (κ2) is 8.71. The maximum atomic E-state index is 13.6. The Balaban J connectivity index is 1.52. The van der Waals surface area contributed by atoms with Gasteiger partial charge in [0.25, 0.3) is 0 Å². The molecular formula is C25H22FN5OS. The Kier molecular flexibility index (Phi) is 5.60. The number of anilines is 1. The van der Waals surface area contributed by atoms with Crippen molar-refractivity contribution >= 4 is 23.4 Å². The van der Waals surface area contributed by atoms with Gasteiger partial charge in [-0.1, -0.05) is 66.4 Å². The van der Waals surface area contributed by atoms with E-state index in [4.69, 9.17) is 0 Å². The number of rotatable bonds is 4. The first kappa shape index (κ1) is 21.2. The number of hydrogen-bond acceptors (Lipinski definition) is 5. The van der Waals surface area contributed by atoms with Crippen molar-refractivity contribution < 1.29 is 9.18 Å². The molecule has 0 spiro atoms. The average molecular weight is 460 g/mol. The Morgan fingerprint density at radius 3 is 2.55 bits per heavy atom. The minimum atomic E-state index is -0.546. The molecule has 0 saturated heterocycles. The third-order valence-electron chi connectivity index (χ3n) is 5.61. The standard InChI is InChI=1S/C25H22FN5OS/c1-15-8-9-16(2)20(14-15)27-24(32)22-21(17-10-12-19(26)13-11-17)30-31-23(28-29-25(31)33-22)18-6-4-3-5-7-18/h3-14,21-22,30H,1-2H3,(H,27,32)/t21-,22-/m1/s1. The van der Waals surface area contributed by atoms with Crippen LogP contribution in [0.3, 0.4) is 0 Å². The normalized spacial score (nSPS) is 17.2. The molecule has 1 aromatic heterocycles. The summed E-state index contributed by atoms with van der Waals surface area (Å²) in [4.78, 5) is 13.5. The first-order valence-electron chi connectivity index (χ1n) is 10.6. The Morgan fingerprint density at radius 1 is 1.03 bits per heavy atom. The summed E-state index contributed by atoms with van der Waals surface area (Å²) in [6.45, 7) is 3.95. The molecule has 3 aromatic carbocycles. The highest BCUT2D eigenvalue weighted by Gasteiger charge is 2.38. The molecular weight excluding hydrogens is 437 g/mol. The van der Waals surface area contributed by atoms with Crippen LogP contribution in [0.5, 0.6) is 0 Å². The number of fused-ring (bicyclic) bond motifs is 1. The van der Waals surface area contributed by atoms with E-state index >= 15 is 0 Å². The summed E-state index contributed by atoms with van der Waals surface area (Å²) in [6, 6.07) is 21.4. The second-order valence-electron chi connectivity index (χ2n) is 8.01. The number of aryl methyl sites for hydroxylation is 2. The van der Waals surface area contributed by atoms with Gasteiger partial charge in [0.05, 0.1) is 6.04 Å². The van der Waals surface area contributed by atoms with Crippen molar-refractivity contribution in [2.75, 3.05) is 10.7 Å². The highest BCUT2D eigenvalue weighted by atomic mass is 32.2. The highest BCUT2D eigenvalue weighted by Crippen LogP contribution is 2.39. The van der Waals surface area contributed by atoms with Gasteiger partial charge in [-0.3, -0.25) is 4.79 Å². The van der Waals surface area contributed by atoms with Gasteiger partial charge in [0.2, 0.25) is 11.1 Å². The van der Waals surface area contributed by atoms with Crippen LogP contribution in [0.4, 0.5) is 10.1 Å². The first-order valence-corrected chi connectivity index (χ1v) is 11.5. The second-order valence-corrected chi connectivity index (χ2v) is 9.12. The molecule has 0 aliphatic carbocycles. The molecule has 1 aliphatic rings. The van der Waals surface area contributed by atoms with Gasteiger partial charge < -0.3 is 10.7 Å². The van der Waals surface area contributed by atoms with Crippen molar-refractivity contribution in [3.8, 4) is 11.4 Å². The van der Waals surface area contributed by atoms with E-state index in [0.29, 0.717) is 11.0 Å². The number of halogens is 1. The molecule has 1 aliphatic heterocycles. The number of amides is 1. The van der Waals surface area contributed by atoms with E-state index < -0.39 is 11.3 Å². The van der Waals surface area contributed by atoms with E-state index in [1.54, 1.807) is 16.8 Å². The quantitative estimate of drug-likeness (QED) is 0.444. The van der Waals surface area contributed by atoms with Crippen LogP contribution >= 0.6 is 11.8 Å². The molecule has 0 fully saturated rings. The van der Waals surface area contributed by atoms with E-state index in [1.807, 2.05) is 62.4 Å². The van der Waals surface area contributed by atoms with E-state index in [-0.39, 0.29) is 11.7 Å². The average Bonchev–Trinajstić information content (AvgIpc) is 3.25. The maximum absolute atomic E-state index is 13.6. The van der Waals surface area contributed by atoms with E-state index in [0.717, 1.165) is 27.9 Å². The maximum Gasteiger partial charge on any atom is 0.240 e. The summed E-state index contributed by atoms with van der Waals surface area (Å²) in [6.07, 6.45) is 0. The molecule has 4 aromatic rings. The zero-order chi connectivity index (χ0) is 22.9. The van der Waals surface area contributed by atoms with Crippen molar-refractivity contribution in [2.24, 2.45) is 0 Å². The van der Waals surface area contributed by atoms with Gasteiger partial charge in [-0.2, -0.15) is 0 Å². The first-order chi connectivity index (χ1) is 16.0. The smallest absolute Gasteiger partial charge is 0.240 e. The SMILES string of the molecule is Cc1ccc(C)c(NC(=O)[C@@H]2Sc3nnc(-c4ccccc4)n3N[C@@H]2c2ccc(F)cc2)c1. The van der Waals surface area contributed by atoms with Gasteiger partial charge in [-0.25, -0.2) is 9.07 Å². The largest absolute Gasteiger partial charge is 0.325 e. The summed E-state index contributed by atoms with van der Waals surface area (Å²) in [7, 11) is 0. The zero-order valence-corrected chi connectivity index (χ0v) is 18.9. The van der Waals surface area contributed by atoms with Crippen LogP contribution in [-0.4, -0.2) is 26.0 Å². The number of carbonyl (C=O) groups excluding carboxylic acids is 1. The van der Waals surface area contributed by atoms with Crippen LogP contribution in [0.2, 0.25) is 0 Å². The number of hydrogen-bond donors (Lipinski definition) is 2. The lowest BCUT2D eigenvalue weighted by Gasteiger charge is -2.33. The van der Waals surface area contributed by atoms with Crippen LogP contribution in [0.25, 0.3) is 11.4 Å². The summed E-state index contributed by atoms with van der Waals surface area (Å²) in [5.41, 5.74) is 7.93. The number of carbonyl (C=O) groups is 1. The fourth-order valence-corrected chi connectivity index (χ4v) is 4.90. The molecule has 0 bridgehead atoms. The Labute approximate surface area is 195 Å². The monoisotopic (exact) mass is 459 g/mol. The molecule has 0 saturated carbocycles. The predicted octanol–water partition coefficient (Wildman–Crippen LogP) is 5.10. The summed E-state index contributed by atoms with van der Waals surface area (Å²) in [5, 5.41) is 11.8. The van der Waals surface area contributed by atoms with E-state index in [2.05, 4.69) is 20.9 Å². The summed E-state index contributed by atoms with van der Waals surface area (Å²) in [5.74, 6) is 0.165. The van der Waals surface area contributed by atoms with Gasteiger partial charge in [-0.15, -0.1) is 10.2 Å². The van der Waals surface area contributed by atoms with E-state index in [9.17, 15) is 9.18 Å². The molecule has 2 heterocycles. The summed E-state index contributed by atoms with van der Waals surface area (Å²) < 4.78 is 15.4. The molecule has 0 radical (unpaired) electrons. The predicted molar refractivity (Wildman–Crippen MR) is 128 cm³/mol. The number of aromatic nitrogens is 3. The Morgan fingerprint density at radius 2 is 1.79 bits per heavy atom. The van der Waals surface area contributed by atoms with Gasteiger partial charge in [-0.05, 0) is 48.7 Å². The molecule has 8 heteroatoms. The lowest BCUT2D eigenvalue weighted by molar-refractivity contribution is -0.116. The molecule has 2 N–H and O–H groups in total. The lowest BCUT2D eigenvalue weighted by Crippen LogP contribution is -2.41. The van der Waals surface area contributed by atoms with Crippen LogP contribution in [0.15, 0.2) is 78.0 Å². The molecule has 0 unspecified atom stereocenters. The molecule has 2 atom stereocenters. The minimum absolute atomic E-state index is 0.161. The van der Waals surface area contributed by atoms with Crippen LogP contribution < -0.4 is 10.7 Å². The van der Waals surface area contributed by atoms with E-state index in [1.165, 1.54) is 23.9 Å². The minimum Gasteiger partial charge on any atom is -0.325 e. The third kappa shape index (κ3) is 4.21. The lowest BCUT2D eigenvalue weighted by atomic mass is 10.0. The highest BCUT2D eigenvalue weighted by molar-refractivity contribution is 8.00. The molecule has 5 rings (SSSR count). The number of nitrogens with zero attached hydrogens (tertiary/aromatic N) is 3. The molecule has 166 valence electrons. The number of thioether (sulfide) groups is 1. The summed E-state index contributed by atoms with van der Waals surface area (Å²) >= 11 is 1.34. The molecule has 33 heavy (non-hydrogen) atoms. The van der Waals surface area contributed by atoms with Crippen LogP contribution in [0, 0.1) is 19.7 Å². The zero-order valence-electron chi connectivity index (χ0n) is 18.1. The van der Waals surface area contributed by atoms with Crippen molar-refractivity contribution in [1.82, 2.24) is 14.9 Å². The number of benzene rings is 3. The fourth-order valence-electron chi connectivity index (χ4n) is 3.82. The topological polar surface area (TPSA) is 71.8 Å². The van der Waals surface area contributed by atoms with Gasteiger partial charge >= 0.3 is 0 Å². The van der Waals surface area contributed by atoms with Gasteiger partial charge in [0.1, 0.15) is 11.1 Å². The Bertz CT molecular complexity index is 1310. The third-order valence-corrected chi connectivity index (χ3v) is 6.82. The molecule has 1 amide bonds. The van der Waals surface area contributed by atoms with Crippen molar-refractivity contribution in [3.05, 3.63) is 95.3 Å². The Hall–Kier alpha value is -3.65. The van der Waals surface area contributed by atoms with Crippen molar-refractivity contribution in [1.29, 1.82) is 0 Å².